The average molecular weight is 599 g/mol. The van der Waals surface area contributed by atoms with E-state index in [9.17, 15) is 0 Å². The number of hydrogen-bond acceptors (Lipinski definition) is 1. The maximum absolute atomic E-state index is 5.43. The predicted octanol–water partition coefficient (Wildman–Crippen LogP) is 10.9. The van der Waals surface area contributed by atoms with E-state index in [-0.39, 0.29) is 0 Å². The minimum Gasteiger partial charge on any atom is -0.399 e. The van der Waals surface area contributed by atoms with E-state index < -0.39 is 0 Å². The Kier molecular flexibility index (Phi) is 11.1. The number of benzene rings is 6. The largest absolute Gasteiger partial charge is 0.399 e. The fraction of sp³-hybridized carbons (Fsp3) is 0.0769. The van der Waals surface area contributed by atoms with Crippen LogP contribution in [0, 0.1) is 13.8 Å². The molecule has 1 nitrogen and oxygen atoms in total. The fourth-order valence-electron chi connectivity index (χ4n) is 4.23. The minimum absolute atomic E-state index is 0.829. The third-order valence-electron chi connectivity index (χ3n) is 6.62. The van der Waals surface area contributed by atoms with E-state index in [0.717, 1.165) is 16.6 Å². The van der Waals surface area contributed by atoms with Gasteiger partial charge in [0, 0.05) is 10.2 Å². The lowest BCUT2D eigenvalue weighted by Gasteiger charge is -2.05. The number of nitrogens with two attached hydrogens (primary N) is 1. The van der Waals surface area contributed by atoms with Crippen molar-refractivity contribution in [3.8, 4) is 22.3 Å². The van der Waals surface area contributed by atoms with Gasteiger partial charge in [-0.15, -0.1) is 0 Å². The highest BCUT2D eigenvalue weighted by Crippen LogP contribution is 2.22. The summed E-state index contributed by atoms with van der Waals surface area (Å²) in [5.41, 5.74) is 16.6. The Morgan fingerprint density at radius 1 is 0.415 bits per heavy atom. The van der Waals surface area contributed by atoms with Gasteiger partial charge in [-0.2, -0.15) is 0 Å². The fourth-order valence-corrected chi connectivity index (χ4v) is 4.49. The van der Waals surface area contributed by atoms with Gasteiger partial charge in [-0.1, -0.05) is 161 Å². The Hall–Kier alpha value is -4.40. The van der Waals surface area contributed by atoms with Crippen LogP contribution < -0.4 is 5.73 Å². The van der Waals surface area contributed by atoms with Gasteiger partial charge in [0.1, 0.15) is 0 Å². The van der Waals surface area contributed by atoms with Gasteiger partial charge in [0.25, 0.3) is 0 Å². The zero-order chi connectivity index (χ0) is 28.9. The van der Waals surface area contributed by atoms with Crippen molar-refractivity contribution in [2.24, 2.45) is 0 Å². The van der Waals surface area contributed by atoms with E-state index in [2.05, 4.69) is 150 Å². The second-order valence-electron chi connectivity index (χ2n) is 10.0. The number of halogens is 1. The van der Waals surface area contributed by atoms with Crippen LogP contribution in [0.2, 0.25) is 0 Å². The lowest BCUT2D eigenvalue weighted by Crippen LogP contribution is -1.88. The van der Waals surface area contributed by atoms with Crippen molar-refractivity contribution in [2.75, 3.05) is 5.73 Å². The number of nitrogen functional groups attached to an aromatic ring is 1. The van der Waals surface area contributed by atoms with Gasteiger partial charge in [0.2, 0.25) is 0 Å². The first-order chi connectivity index (χ1) is 20.0. The van der Waals surface area contributed by atoms with Crippen molar-refractivity contribution in [2.45, 2.75) is 20.3 Å². The number of hydrogen-bond donors (Lipinski definition) is 1. The number of rotatable bonds is 4. The topological polar surface area (TPSA) is 26.0 Å². The highest BCUT2D eigenvalue weighted by molar-refractivity contribution is 9.10. The van der Waals surface area contributed by atoms with Gasteiger partial charge in [-0.25, -0.2) is 0 Å². The van der Waals surface area contributed by atoms with E-state index in [1.54, 1.807) is 0 Å². The van der Waals surface area contributed by atoms with E-state index in [0.29, 0.717) is 0 Å². The molecule has 0 unspecified atom stereocenters. The number of aryl methyl sites for hydroxylation is 2. The van der Waals surface area contributed by atoms with E-state index in [1.165, 1.54) is 44.5 Å². The molecule has 6 aromatic rings. The quantitative estimate of drug-likeness (QED) is 0.201. The summed E-state index contributed by atoms with van der Waals surface area (Å²) >= 11 is 3.42. The minimum atomic E-state index is 0.829. The molecule has 0 amide bonds. The van der Waals surface area contributed by atoms with Crippen LogP contribution in [0.4, 0.5) is 5.69 Å². The van der Waals surface area contributed by atoms with Gasteiger partial charge < -0.3 is 5.73 Å². The normalized spacial score (nSPS) is 10.0. The molecule has 0 bridgehead atoms. The summed E-state index contributed by atoms with van der Waals surface area (Å²) in [7, 11) is 0. The van der Waals surface area contributed by atoms with Crippen LogP contribution >= 0.6 is 15.9 Å². The lowest BCUT2D eigenvalue weighted by atomic mass is 10.00. The molecule has 0 saturated carbocycles. The van der Waals surface area contributed by atoms with Gasteiger partial charge >= 0.3 is 0 Å². The van der Waals surface area contributed by atoms with Crippen molar-refractivity contribution in [1.82, 2.24) is 0 Å². The second kappa shape index (κ2) is 15.4. The molecule has 6 rings (SSSR count). The molecule has 6 aromatic carbocycles. The Morgan fingerprint density at radius 3 is 1.17 bits per heavy atom. The average Bonchev–Trinajstić information content (AvgIpc) is 3.02. The highest BCUT2D eigenvalue weighted by atomic mass is 79.9. The van der Waals surface area contributed by atoms with Gasteiger partial charge in [0.15, 0.2) is 0 Å². The Morgan fingerprint density at radius 2 is 0.756 bits per heavy atom. The summed E-state index contributed by atoms with van der Waals surface area (Å²) in [4.78, 5) is 0. The third-order valence-corrected chi connectivity index (χ3v) is 7.15. The monoisotopic (exact) mass is 597 g/mol. The second-order valence-corrected chi connectivity index (χ2v) is 10.9. The summed E-state index contributed by atoms with van der Waals surface area (Å²) in [5, 5.41) is 0. The summed E-state index contributed by atoms with van der Waals surface area (Å²) in [5.74, 6) is 0. The molecule has 0 fully saturated rings. The smallest absolute Gasteiger partial charge is 0.0314 e. The molecule has 0 atom stereocenters. The van der Waals surface area contributed by atoms with Crippen LogP contribution in [-0.2, 0) is 6.42 Å². The van der Waals surface area contributed by atoms with Crippen molar-refractivity contribution in [3.05, 3.63) is 184 Å². The highest BCUT2D eigenvalue weighted by Gasteiger charge is 1.99. The van der Waals surface area contributed by atoms with E-state index >= 15 is 0 Å². The molecule has 0 saturated heterocycles. The molecule has 204 valence electrons. The SMILES string of the molecule is Brc1ccc(-c2ccccc2)cc1.Cc1ccc(Cc2ccc(-c3ccccc3)cc2)cc1.Cc1ccc(N)cc1. The number of anilines is 1. The van der Waals surface area contributed by atoms with Crippen LogP contribution in [0.15, 0.2) is 162 Å². The molecule has 0 spiro atoms. The van der Waals surface area contributed by atoms with Crippen molar-refractivity contribution in [1.29, 1.82) is 0 Å². The molecule has 0 aromatic heterocycles. The summed E-state index contributed by atoms with van der Waals surface area (Å²) in [6.45, 7) is 4.16. The first-order valence-corrected chi connectivity index (χ1v) is 14.6. The zero-order valence-corrected chi connectivity index (χ0v) is 25.3. The summed E-state index contributed by atoms with van der Waals surface area (Å²) in [6.07, 6.45) is 0.995. The molecule has 0 heterocycles. The molecule has 41 heavy (non-hydrogen) atoms. The Bertz CT molecular complexity index is 1550. The summed E-state index contributed by atoms with van der Waals surface area (Å²) < 4.78 is 1.12. The molecule has 0 aliphatic heterocycles. The van der Waals surface area contributed by atoms with Gasteiger partial charge in [-0.3, -0.25) is 0 Å². The van der Waals surface area contributed by atoms with Crippen LogP contribution in [0.3, 0.4) is 0 Å². The first-order valence-electron chi connectivity index (χ1n) is 13.8. The zero-order valence-electron chi connectivity index (χ0n) is 23.7. The molecule has 0 aliphatic rings. The maximum atomic E-state index is 5.43. The molecule has 2 N–H and O–H groups in total. The summed E-state index contributed by atoms with van der Waals surface area (Å²) in [6, 6.07) is 54.6. The Labute approximate surface area is 253 Å². The van der Waals surface area contributed by atoms with E-state index in [4.69, 9.17) is 5.73 Å². The Balaban J connectivity index is 0.000000158. The first kappa shape index (κ1) is 29.6. The molecular formula is C39H36BrN. The molecule has 2 heteroatoms. The van der Waals surface area contributed by atoms with Crippen molar-refractivity contribution < 1.29 is 0 Å². The molecular weight excluding hydrogens is 562 g/mol. The van der Waals surface area contributed by atoms with Crippen molar-refractivity contribution >= 4 is 21.6 Å². The van der Waals surface area contributed by atoms with Crippen LogP contribution in [0.5, 0.6) is 0 Å². The standard InChI is InChI=1S/C20H18.C12H9Br.C7H9N/c1-16-7-9-17(10-8-16)15-18-11-13-20(14-12-18)19-5-3-2-4-6-19;13-12-8-6-11(7-9-12)10-4-2-1-3-5-10;1-6-2-4-7(8)5-3-6/h2-14H,15H2,1H3;1-9H;2-5H,8H2,1H3. The molecule has 0 radical (unpaired) electrons. The third kappa shape index (κ3) is 9.94. The van der Waals surface area contributed by atoms with E-state index in [1.807, 2.05) is 37.3 Å². The molecule has 0 aliphatic carbocycles. The maximum Gasteiger partial charge on any atom is 0.0314 e. The lowest BCUT2D eigenvalue weighted by molar-refractivity contribution is 1.19. The predicted molar refractivity (Wildman–Crippen MR) is 181 cm³/mol. The van der Waals surface area contributed by atoms with Gasteiger partial charge in [-0.05, 0) is 77.9 Å². The van der Waals surface area contributed by atoms with Gasteiger partial charge in [0.05, 0.1) is 0 Å². The van der Waals surface area contributed by atoms with Crippen LogP contribution in [0.1, 0.15) is 22.3 Å². The van der Waals surface area contributed by atoms with Crippen LogP contribution in [0.25, 0.3) is 22.3 Å². The van der Waals surface area contributed by atoms with Crippen LogP contribution in [-0.4, -0.2) is 0 Å². The van der Waals surface area contributed by atoms with Crippen molar-refractivity contribution in [3.63, 3.8) is 0 Å².